The summed E-state index contributed by atoms with van der Waals surface area (Å²) in [7, 11) is 0. The maximum atomic E-state index is 11.9. The number of thiophene rings is 1. The van der Waals surface area contributed by atoms with E-state index in [0.29, 0.717) is 21.8 Å². The number of hydrogen-bond donors (Lipinski definition) is 2. The van der Waals surface area contributed by atoms with Gasteiger partial charge in [0, 0.05) is 6.04 Å². The van der Waals surface area contributed by atoms with Crippen molar-refractivity contribution < 1.29 is 4.74 Å². The largest absolute Gasteiger partial charge is 0.486 e. The first kappa shape index (κ1) is 13.8. The molecule has 5 nitrogen and oxygen atoms in total. The van der Waals surface area contributed by atoms with E-state index in [9.17, 15) is 4.79 Å². The van der Waals surface area contributed by atoms with Crippen molar-refractivity contribution in [2.24, 2.45) is 5.73 Å². The van der Waals surface area contributed by atoms with Crippen molar-refractivity contribution in [2.75, 3.05) is 0 Å². The number of nitrogens with zero attached hydrogens (tertiary/aromatic N) is 1. The third-order valence-corrected chi connectivity index (χ3v) is 4.03. The molecule has 0 spiro atoms. The molecule has 0 unspecified atom stereocenters. The van der Waals surface area contributed by atoms with Crippen molar-refractivity contribution in [3.05, 3.63) is 57.5 Å². The van der Waals surface area contributed by atoms with Gasteiger partial charge < -0.3 is 15.5 Å². The van der Waals surface area contributed by atoms with Gasteiger partial charge in [-0.25, -0.2) is 4.98 Å². The Morgan fingerprint density at radius 1 is 1.43 bits per heavy atom. The quantitative estimate of drug-likeness (QED) is 0.776. The fraction of sp³-hybridized carbons (Fsp3) is 0.200. The summed E-state index contributed by atoms with van der Waals surface area (Å²) in [5, 5.41) is 1.85. The molecule has 0 aliphatic heterocycles. The lowest BCUT2D eigenvalue weighted by atomic mass is 10.1. The summed E-state index contributed by atoms with van der Waals surface area (Å²) in [4.78, 5) is 19.0. The number of nitrogens with two attached hydrogens (primary N) is 1. The highest BCUT2D eigenvalue weighted by Crippen LogP contribution is 2.19. The van der Waals surface area contributed by atoms with Crippen LogP contribution >= 0.6 is 11.3 Å². The van der Waals surface area contributed by atoms with Crippen molar-refractivity contribution in [3.8, 4) is 5.75 Å². The van der Waals surface area contributed by atoms with Gasteiger partial charge in [0.05, 0.1) is 5.52 Å². The molecule has 3 rings (SSSR count). The van der Waals surface area contributed by atoms with Gasteiger partial charge in [0.25, 0.3) is 5.56 Å². The van der Waals surface area contributed by atoms with Crippen LogP contribution in [0.1, 0.15) is 24.4 Å². The van der Waals surface area contributed by atoms with Crippen LogP contribution in [0.5, 0.6) is 5.75 Å². The molecule has 0 fully saturated rings. The lowest BCUT2D eigenvalue weighted by molar-refractivity contribution is 0.295. The Kier molecular flexibility index (Phi) is 3.72. The fourth-order valence-corrected chi connectivity index (χ4v) is 2.75. The number of hydrogen-bond acceptors (Lipinski definition) is 5. The van der Waals surface area contributed by atoms with E-state index in [1.165, 1.54) is 11.3 Å². The minimum absolute atomic E-state index is 0.0476. The van der Waals surface area contributed by atoms with Crippen LogP contribution in [-0.4, -0.2) is 9.97 Å². The second-order valence-electron chi connectivity index (χ2n) is 4.80. The van der Waals surface area contributed by atoms with Crippen LogP contribution in [-0.2, 0) is 6.61 Å². The van der Waals surface area contributed by atoms with Crippen molar-refractivity contribution in [2.45, 2.75) is 19.6 Å². The number of H-pyrrole nitrogens is 1. The minimum atomic E-state index is -0.127. The van der Waals surface area contributed by atoms with E-state index in [-0.39, 0.29) is 18.2 Å². The van der Waals surface area contributed by atoms with Gasteiger partial charge in [-0.2, -0.15) is 0 Å². The summed E-state index contributed by atoms with van der Waals surface area (Å²) >= 11 is 1.38. The first-order valence-corrected chi connectivity index (χ1v) is 7.46. The molecule has 21 heavy (non-hydrogen) atoms. The predicted molar refractivity (Wildman–Crippen MR) is 83.6 cm³/mol. The van der Waals surface area contributed by atoms with Gasteiger partial charge in [-0.15, -0.1) is 11.3 Å². The maximum absolute atomic E-state index is 11.9. The lowest BCUT2D eigenvalue weighted by Gasteiger charge is -2.09. The first-order chi connectivity index (χ1) is 10.1. The van der Waals surface area contributed by atoms with Gasteiger partial charge in [-0.3, -0.25) is 4.79 Å². The summed E-state index contributed by atoms with van der Waals surface area (Å²) in [6.07, 6.45) is 0. The van der Waals surface area contributed by atoms with E-state index in [2.05, 4.69) is 9.97 Å². The summed E-state index contributed by atoms with van der Waals surface area (Å²) in [5.41, 5.74) is 7.42. The van der Waals surface area contributed by atoms with Crippen LogP contribution in [0.3, 0.4) is 0 Å². The summed E-state index contributed by atoms with van der Waals surface area (Å²) in [5.74, 6) is 1.22. The number of fused-ring (bicyclic) bond motifs is 1. The molecule has 6 heteroatoms. The minimum Gasteiger partial charge on any atom is -0.486 e. The van der Waals surface area contributed by atoms with Crippen molar-refractivity contribution >= 4 is 21.6 Å². The third-order valence-electron chi connectivity index (χ3n) is 3.12. The molecule has 0 aliphatic carbocycles. The van der Waals surface area contributed by atoms with Crippen LogP contribution in [0.4, 0.5) is 0 Å². The fourth-order valence-electron chi connectivity index (χ4n) is 2.03. The summed E-state index contributed by atoms with van der Waals surface area (Å²) in [6.45, 7) is 2.13. The smallest absolute Gasteiger partial charge is 0.268 e. The van der Waals surface area contributed by atoms with E-state index < -0.39 is 0 Å². The molecule has 1 aromatic carbocycles. The van der Waals surface area contributed by atoms with Crippen LogP contribution in [0.25, 0.3) is 10.2 Å². The van der Waals surface area contributed by atoms with Crippen molar-refractivity contribution in [3.63, 3.8) is 0 Å². The molecule has 3 aromatic rings. The molecule has 2 aromatic heterocycles. The number of benzene rings is 1. The van der Waals surface area contributed by atoms with Gasteiger partial charge in [0.1, 0.15) is 22.9 Å². The Morgan fingerprint density at radius 3 is 3.10 bits per heavy atom. The third kappa shape index (κ3) is 2.96. The molecule has 0 saturated carbocycles. The van der Waals surface area contributed by atoms with Crippen molar-refractivity contribution in [1.29, 1.82) is 0 Å². The van der Waals surface area contributed by atoms with Gasteiger partial charge in [-0.1, -0.05) is 12.1 Å². The number of rotatable bonds is 4. The Bertz CT molecular complexity index is 823. The Labute approximate surface area is 125 Å². The van der Waals surface area contributed by atoms with Crippen LogP contribution in [0.15, 0.2) is 40.5 Å². The second kappa shape index (κ2) is 5.67. The topological polar surface area (TPSA) is 81.0 Å². The SMILES string of the molecule is C[C@@H](N)c1cccc(OCc2nc3ccsc3c(=O)[nH]2)c1. The summed E-state index contributed by atoms with van der Waals surface area (Å²) in [6, 6.07) is 9.38. The Hall–Kier alpha value is -2.18. The van der Waals surface area contributed by atoms with Crippen LogP contribution in [0, 0.1) is 0 Å². The molecule has 0 bridgehead atoms. The predicted octanol–water partition coefficient (Wildman–Crippen LogP) is 2.58. The molecule has 0 aliphatic rings. The van der Waals surface area contributed by atoms with Gasteiger partial charge >= 0.3 is 0 Å². The highest BCUT2D eigenvalue weighted by molar-refractivity contribution is 7.17. The molecule has 0 radical (unpaired) electrons. The molecule has 1 atom stereocenters. The molecule has 0 saturated heterocycles. The van der Waals surface area contributed by atoms with E-state index in [1.807, 2.05) is 42.6 Å². The van der Waals surface area contributed by atoms with Crippen LogP contribution in [0.2, 0.25) is 0 Å². The molecule has 2 heterocycles. The summed E-state index contributed by atoms with van der Waals surface area (Å²) < 4.78 is 6.32. The standard InChI is InChI=1S/C15H15N3O2S/c1-9(16)10-3-2-4-11(7-10)20-8-13-17-12-5-6-21-14(12)15(19)18-13/h2-7,9H,8,16H2,1H3,(H,17,18,19)/t9-/m1/s1. The number of aromatic nitrogens is 2. The number of ether oxygens (including phenoxy) is 1. The number of nitrogens with one attached hydrogen (secondary N) is 1. The number of aromatic amines is 1. The maximum Gasteiger partial charge on any atom is 0.268 e. The highest BCUT2D eigenvalue weighted by atomic mass is 32.1. The van der Waals surface area contributed by atoms with Gasteiger partial charge in [0.15, 0.2) is 0 Å². The average Bonchev–Trinajstić information content (AvgIpc) is 2.94. The molecular formula is C15H15N3O2S. The van der Waals surface area contributed by atoms with E-state index in [1.54, 1.807) is 0 Å². The lowest BCUT2D eigenvalue weighted by Crippen LogP contribution is -2.12. The second-order valence-corrected chi connectivity index (χ2v) is 5.71. The van der Waals surface area contributed by atoms with E-state index in [4.69, 9.17) is 10.5 Å². The van der Waals surface area contributed by atoms with Gasteiger partial charge in [-0.05, 0) is 36.1 Å². The van der Waals surface area contributed by atoms with Crippen molar-refractivity contribution in [1.82, 2.24) is 9.97 Å². The first-order valence-electron chi connectivity index (χ1n) is 6.58. The average molecular weight is 301 g/mol. The normalized spacial score (nSPS) is 12.5. The zero-order valence-electron chi connectivity index (χ0n) is 11.5. The highest BCUT2D eigenvalue weighted by Gasteiger charge is 2.06. The molecular weight excluding hydrogens is 286 g/mol. The Balaban J connectivity index is 1.80. The molecule has 3 N–H and O–H groups in total. The van der Waals surface area contributed by atoms with E-state index >= 15 is 0 Å². The van der Waals surface area contributed by atoms with Crippen LogP contribution < -0.4 is 16.0 Å². The monoisotopic (exact) mass is 301 g/mol. The zero-order chi connectivity index (χ0) is 14.8. The van der Waals surface area contributed by atoms with E-state index in [0.717, 1.165) is 5.56 Å². The molecule has 0 amide bonds. The Morgan fingerprint density at radius 2 is 2.29 bits per heavy atom. The zero-order valence-corrected chi connectivity index (χ0v) is 12.3. The van der Waals surface area contributed by atoms with Gasteiger partial charge in [0.2, 0.25) is 0 Å². The molecule has 108 valence electrons.